The van der Waals surface area contributed by atoms with E-state index >= 15 is 0 Å². The van der Waals surface area contributed by atoms with E-state index in [1.807, 2.05) is 23.2 Å². The molecule has 8 nitrogen and oxygen atoms in total. The molecule has 0 unspecified atom stereocenters. The normalized spacial score (nSPS) is 19.8. The van der Waals surface area contributed by atoms with Crippen molar-refractivity contribution in [1.82, 2.24) is 20.1 Å². The second-order valence-electron chi connectivity index (χ2n) is 7.57. The molecule has 8 heteroatoms. The van der Waals surface area contributed by atoms with E-state index in [0.29, 0.717) is 25.2 Å². The van der Waals surface area contributed by atoms with E-state index in [4.69, 9.17) is 0 Å². The van der Waals surface area contributed by atoms with Gasteiger partial charge >= 0.3 is 6.03 Å². The molecule has 156 valence electrons. The lowest BCUT2D eigenvalue weighted by Crippen LogP contribution is -2.48. The molecule has 0 aliphatic carbocycles. The summed E-state index contributed by atoms with van der Waals surface area (Å²) in [7, 11) is 0. The van der Waals surface area contributed by atoms with Crippen LogP contribution < -0.4 is 10.2 Å². The molecule has 2 fully saturated rings. The molecule has 2 aliphatic rings. The summed E-state index contributed by atoms with van der Waals surface area (Å²) in [6.45, 7) is 3.78. The highest BCUT2D eigenvalue weighted by Gasteiger charge is 2.39. The number of carbonyl (C=O) groups excluding carboxylic acids is 3. The molecule has 2 saturated heterocycles. The number of hydrogen-bond acceptors (Lipinski definition) is 5. The lowest BCUT2D eigenvalue weighted by molar-refractivity contribution is -0.133. The van der Waals surface area contributed by atoms with Crippen LogP contribution in [0.3, 0.4) is 0 Å². The number of pyridine rings is 1. The van der Waals surface area contributed by atoms with Gasteiger partial charge in [-0.05, 0) is 30.2 Å². The molecule has 3 heterocycles. The molecule has 4 rings (SSSR count). The molecule has 1 aromatic heterocycles. The van der Waals surface area contributed by atoms with Crippen molar-refractivity contribution < 1.29 is 14.4 Å². The third-order valence-electron chi connectivity index (χ3n) is 5.53. The van der Waals surface area contributed by atoms with Crippen molar-refractivity contribution in [2.45, 2.75) is 25.4 Å². The number of carbonyl (C=O) groups is 3. The Balaban J connectivity index is 1.24. The molecular weight excluding hydrogens is 382 g/mol. The number of piperazine rings is 1. The quantitative estimate of drug-likeness (QED) is 0.736. The molecule has 0 radical (unpaired) electrons. The summed E-state index contributed by atoms with van der Waals surface area (Å²) in [6, 6.07) is 11.7. The van der Waals surface area contributed by atoms with E-state index in [2.05, 4.69) is 21.3 Å². The van der Waals surface area contributed by atoms with E-state index in [1.54, 1.807) is 30.5 Å². The summed E-state index contributed by atoms with van der Waals surface area (Å²) in [6.07, 6.45) is 4.17. The smallest absolute Gasteiger partial charge is 0.329 e. The van der Waals surface area contributed by atoms with E-state index in [0.717, 1.165) is 30.1 Å². The Labute approximate surface area is 175 Å². The number of imide groups is 1. The number of benzene rings is 1. The topological polar surface area (TPSA) is 85.8 Å². The number of hydrogen-bond donors (Lipinski definition) is 1. The van der Waals surface area contributed by atoms with E-state index in [-0.39, 0.29) is 18.2 Å². The van der Waals surface area contributed by atoms with Gasteiger partial charge in [-0.1, -0.05) is 24.3 Å². The summed E-state index contributed by atoms with van der Waals surface area (Å²) in [4.78, 5) is 46.9. The average molecular weight is 407 g/mol. The summed E-state index contributed by atoms with van der Waals surface area (Å²) >= 11 is 0. The molecule has 1 N–H and O–H groups in total. The molecule has 30 heavy (non-hydrogen) atoms. The van der Waals surface area contributed by atoms with Gasteiger partial charge in [-0.15, -0.1) is 0 Å². The maximum atomic E-state index is 12.6. The number of para-hydroxylation sites is 1. The van der Waals surface area contributed by atoms with E-state index in [9.17, 15) is 14.4 Å². The SMILES string of the molecule is O=C(CC[C@@H]1NC(=O)N(c2ccccc2)C1=O)N1CCN(Cc2cccnc2)CC1. The number of amides is 4. The zero-order valence-corrected chi connectivity index (χ0v) is 16.7. The lowest BCUT2D eigenvalue weighted by atomic mass is 10.1. The fourth-order valence-electron chi connectivity index (χ4n) is 3.88. The molecule has 0 saturated carbocycles. The third kappa shape index (κ3) is 4.49. The highest BCUT2D eigenvalue weighted by Crippen LogP contribution is 2.21. The maximum absolute atomic E-state index is 12.6. The first-order valence-corrected chi connectivity index (χ1v) is 10.2. The summed E-state index contributed by atoms with van der Waals surface area (Å²) < 4.78 is 0. The van der Waals surface area contributed by atoms with Crippen molar-refractivity contribution >= 4 is 23.5 Å². The maximum Gasteiger partial charge on any atom is 0.329 e. The van der Waals surface area contributed by atoms with Gasteiger partial charge in [-0.25, -0.2) is 9.69 Å². The fraction of sp³-hybridized carbons (Fsp3) is 0.364. The van der Waals surface area contributed by atoms with Crippen molar-refractivity contribution in [3.8, 4) is 0 Å². The van der Waals surface area contributed by atoms with Crippen molar-refractivity contribution in [3.05, 3.63) is 60.4 Å². The molecule has 0 bridgehead atoms. The van der Waals surface area contributed by atoms with Crippen molar-refractivity contribution in [1.29, 1.82) is 0 Å². The Morgan fingerprint density at radius 1 is 1.03 bits per heavy atom. The fourth-order valence-corrected chi connectivity index (χ4v) is 3.88. The summed E-state index contributed by atoms with van der Waals surface area (Å²) in [5.74, 6) is -0.281. The standard InChI is InChI=1S/C22H25N5O3/c28-20(26-13-11-25(12-14-26)16-17-5-4-10-23-15-17)9-8-19-21(29)27(22(30)24-19)18-6-2-1-3-7-18/h1-7,10,15,19H,8-9,11-14,16H2,(H,24,30)/t19-/m0/s1. The minimum Gasteiger partial charge on any atom is -0.340 e. The number of anilines is 1. The van der Waals surface area contributed by atoms with Crippen LogP contribution in [0, 0.1) is 0 Å². The van der Waals surface area contributed by atoms with Crippen LogP contribution in [0.4, 0.5) is 10.5 Å². The van der Waals surface area contributed by atoms with Gasteiger partial charge in [0.05, 0.1) is 5.69 Å². The molecule has 4 amide bonds. The van der Waals surface area contributed by atoms with Gasteiger partial charge in [0.15, 0.2) is 0 Å². The Morgan fingerprint density at radius 3 is 2.50 bits per heavy atom. The summed E-state index contributed by atoms with van der Waals surface area (Å²) in [5.41, 5.74) is 1.70. The van der Waals surface area contributed by atoms with Gasteiger partial charge in [-0.3, -0.25) is 19.5 Å². The van der Waals surface area contributed by atoms with E-state index in [1.165, 1.54) is 0 Å². The van der Waals surface area contributed by atoms with Gasteiger partial charge in [0.2, 0.25) is 5.91 Å². The van der Waals surface area contributed by atoms with Crippen LogP contribution in [0.25, 0.3) is 0 Å². The van der Waals surface area contributed by atoms with Gasteiger partial charge in [0.1, 0.15) is 6.04 Å². The van der Waals surface area contributed by atoms with Gasteiger partial charge < -0.3 is 10.2 Å². The van der Waals surface area contributed by atoms with Crippen LogP contribution in [-0.2, 0) is 16.1 Å². The number of rotatable bonds is 6. The van der Waals surface area contributed by atoms with Crippen molar-refractivity contribution in [2.24, 2.45) is 0 Å². The summed E-state index contributed by atoms with van der Waals surface area (Å²) in [5, 5.41) is 2.70. The Morgan fingerprint density at radius 2 is 1.80 bits per heavy atom. The minimum atomic E-state index is -0.659. The van der Waals surface area contributed by atoms with Crippen LogP contribution >= 0.6 is 0 Å². The predicted octanol–water partition coefficient (Wildman–Crippen LogP) is 1.63. The molecule has 2 aliphatic heterocycles. The predicted molar refractivity (Wildman–Crippen MR) is 112 cm³/mol. The van der Waals surface area contributed by atoms with Gasteiger partial charge in [0.25, 0.3) is 5.91 Å². The van der Waals surface area contributed by atoms with Gasteiger partial charge in [-0.2, -0.15) is 0 Å². The largest absolute Gasteiger partial charge is 0.340 e. The molecule has 1 atom stereocenters. The van der Waals surface area contributed by atoms with Crippen LogP contribution in [0.2, 0.25) is 0 Å². The van der Waals surface area contributed by atoms with E-state index < -0.39 is 12.1 Å². The Hall–Kier alpha value is -3.26. The number of nitrogens with zero attached hydrogens (tertiary/aromatic N) is 4. The average Bonchev–Trinajstić information content (AvgIpc) is 3.07. The number of aromatic nitrogens is 1. The van der Waals surface area contributed by atoms with Crippen LogP contribution in [0.5, 0.6) is 0 Å². The lowest BCUT2D eigenvalue weighted by Gasteiger charge is -2.34. The van der Waals surface area contributed by atoms with Crippen molar-refractivity contribution in [2.75, 3.05) is 31.1 Å². The molecule has 0 spiro atoms. The highest BCUT2D eigenvalue weighted by molar-refractivity contribution is 6.21. The first kappa shape index (κ1) is 20.0. The molecular formula is C22H25N5O3. The third-order valence-corrected chi connectivity index (χ3v) is 5.53. The first-order valence-electron chi connectivity index (χ1n) is 10.2. The highest BCUT2D eigenvalue weighted by atomic mass is 16.2. The minimum absolute atomic E-state index is 0.0243. The molecule has 2 aromatic rings. The van der Waals surface area contributed by atoms with Crippen molar-refractivity contribution in [3.63, 3.8) is 0 Å². The van der Waals surface area contributed by atoms with Crippen LogP contribution in [0.15, 0.2) is 54.9 Å². The Kier molecular flexibility index (Phi) is 6.04. The number of urea groups is 1. The second-order valence-corrected chi connectivity index (χ2v) is 7.57. The molecule has 1 aromatic carbocycles. The first-order chi connectivity index (χ1) is 14.6. The second kappa shape index (κ2) is 9.04. The van der Waals surface area contributed by atoms with Crippen LogP contribution in [-0.4, -0.2) is 64.9 Å². The van der Waals surface area contributed by atoms with Crippen LogP contribution in [0.1, 0.15) is 18.4 Å². The number of nitrogens with one attached hydrogen (secondary N) is 1. The monoisotopic (exact) mass is 407 g/mol. The van der Waals surface area contributed by atoms with Gasteiger partial charge in [0, 0.05) is 51.5 Å². The zero-order chi connectivity index (χ0) is 20.9. The Bertz CT molecular complexity index is 898. The zero-order valence-electron chi connectivity index (χ0n) is 16.7.